The Morgan fingerprint density at radius 3 is 2.69 bits per heavy atom. The van der Waals surface area contributed by atoms with Crippen molar-refractivity contribution in [1.82, 2.24) is 15.4 Å². The predicted octanol–water partition coefficient (Wildman–Crippen LogP) is 0.759. The van der Waals surface area contributed by atoms with E-state index >= 15 is 0 Å². The lowest BCUT2D eigenvalue weighted by molar-refractivity contribution is 0.102. The summed E-state index contributed by atoms with van der Waals surface area (Å²) in [6, 6.07) is 4.76. The molecule has 2 aromatic heterocycles. The second-order valence-corrected chi connectivity index (χ2v) is 2.89. The molecule has 0 aliphatic rings. The monoisotopic (exact) mass is 219 g/mol. The topological polar surface area (TPSA) is 92.9 Å². The molecule has 0 bridgehead atoms. The lowest BCUT2D eigenvalue weighted by atomic mass is 10.3. The van der Waals surface area contributed by atoms with E-state index in [1.54, 1.807) is 19.2 Å². The molecule has 2 N–H and O–H groups in total. The maximum atomic E-state index is 11.6. The summed E-state index contributed by atoms with van der Waals surface area (Å²) in [5.74, 6) is 0.548. The number of amides is 1. The summed E-state index contributed by atoms with van der Waals surface area (Å²) in [6.07, 6.45) is 1.37. The highest BCUT2D eigenvalue weighted by atomic mass is 16.5. The van der Waals surface area contributed by atoms with E-state index in [9.17, 15) is 4.79 Å². The summed E-state index contributed by atoms with van der Waals surface area (Å²) in [7, 11) is 1.72. The number of rotatable bonds is 3. The minimum Gasteiger partial charge on any atom is -0.372 e. The third-order valence-corrected chi connectivity index (χ3v) is 1.83. The van der Waals surface area contributed by atoms with Crippen LogP contribution in [0, 0.1) is 0 Å². The zero-order chi connectivity index (χ0) is 11.4. The van der Waals surface area contributed by atoms with E-state index in [0.29, 0.717) is 11.6 Å². The molecule has 0 aliphatic heterocycles. The van der Waals surface area contributed by atoms with Gasteiger partial charge in [-0.15, -0.1) is 10.2 Å². The largest absolute Gasteiger partial charge is 0.372 e. The smallest absolute Gasteiger partial charge is 0.277 e. The van der Waals surface area contributed by atoms with E-state index in [2.05, 4.69) is 30.5 Å². The van der Waals surface area contributed by atoms with Crippen LogP contribution < -0.4 is 10.6 Å². The van der Waals surface area contributed by atoms with Crippen molar-refractivity contribution >= 4 is 17.5 Å². The zero-order valence-electron chi connectivity index (χ0n) is 8.47. The fourth-order valence-electron chi connectivity index (χ4n) is 1.04. The molecule has 0 saturated heterocycles. The molecule has 0 aromatic carbocycles. The van der Waals surface area contributed by atoms with Crippen molar-refractivity contribution in [2.75, 3.05) is 17.7 Å². The molecule has 2 heterocycles. The Morgan fingerprint density at radius 1 is 1.25 bits per heavy atom. The van der Waals surface area contributed by atoms with Crippen molar-refractivity contribution in [1.29, 1.82) is 0 Å². The number of aromatic nitrogens is 3. The molecule has 0 radical (unpaired) electrons. The number of hydrogen-bond acceptors (Lipinski definition) is 6. The Kier molecular flexibility index (Phi) is 2.77. The summed E-state index contributed by atoms with van der Waals surface area (Å²) in [6.45, 7) is 0. The average molecular weight is 219 g/mol. The van der Waals surface area contributed by atoms with Crippen LogP contribution in [0.3, 0.4) is 0 Å². The Hall–Kier alpha value is -2.44. The highest BCUT2D eigenvalue weighted by Gasteiger charge is 2.09. The van der Waals surface area contributed by atoms with Gasteiger partial charge in [0, 0.05) is 13.1 Å². The Labute approximate surface area is 90.9 Å². The summed E-state index contributed by atoms with van der Waals surface area (Å²) >= 11 is 0. The molecule has 1 amide bonds. The van der Waals surface area contributed by atoms with Gasteiger partial charge >= 0.3 is 0 Å². The van der Waals surface area contributed by atoms with Crippen molar-refractivity contribution in [3.63, 3.8) is 0 Å². The van der Waals surface area contributed by atoms with Crippen LogP contribution >= 0.6 is 0 Å². The van der Waals surface area contributed by atoms with Crippen molar-refractivity contribution in [2.45, 2.75) is 0 Å². The molecule has 2 aromatic rings. The van der Waals surface area contributed by atoms with Gasteiger partial charge in [0.05, 0.1) is 0 Å². The zero-order valence-corrected chi connectivity index (χ0v) is 8.47. The van der Waals surface area contributed by atoms with E-state index in [1.165, 1.54) is 12.3 Å². The highest BCUT2D eigenvalue weighted by molar-refractivity contribution is 6.02. The van der Waals surface area contributed by atoms with E-state index in [4.69, 9.17) is 0 Å². The Bertz CT molecular complexity index is 465. The van der Waals surface area contributed by atoms with E-state index in [0.717, 1.165) is 0 Å². The third kappa shape index (κ3) is 2.14. The molecule has 7 nitrogen and oxygen atoms in total. The summed E-state index contributed by atoms with van der Waals surface area (Å²) < 4.78 is 4.58. The maximum Gasteiger partial charge on any atom is 0.277 e. The van der Waals surface area contributed by atoms with Crippen LogP contribution in [-0.2, 0) is 0 Å². The molecule has 0 saturated carbocycles. The van der Waals surface area contributed by atoms with Crippen molar-refractivity contribution in [3.05, 3.63) is 30.2 Å². The molecule has 16 heavy (non-hydrogen) atoms. The number of nitrogens with zero attached hydrogens (tertiary/aromatic N) is 3. The van der Waals surface area contributed by atoms with Crippen LogP contribution in [0.1, 0.15) is 10.5 Å². The van der Waals surface area contributed by atoms with Gasteiger partial charge in [0.25, 0.3) is 5.91 Å². The van der Waals surface area contributed by atoms with Gasteiger partial charge in [-0.2, -0.15) is 0 Å². The van der Waals surface area contributed by atoms with E-state index in [-0.39, 0.29) is 11.6 Å². The van der Waals surface area contributed by atoms with Gasteiger partial charge in [-0.25, -0.2) is 0 Å². The van der Waals surface area contributed by atoms with Gasteiger partial charge in [0.15, 0.2) is 11.5 Å². The number of anilines is 2. The number of hydrogen-bond donors (Lipinski definition) is 2. The molecule has 2 rings (SSSR count). The van der Waals surface area contributed by atoms with Gasteiger partial charge < -0.3 is 15.2 Å². The predicted molar refractivity (Wildman–Crippen MR) is 56.0 cm³/mol. The molecular weight excluding hydrogens is 210 g/mol. The molecule has 7 heteroatoms. The van der Waals surface area contributed by atoms with E-state index in [1.807, 2.05) is 0 Å². The molecule has 0 aliphatic carbocycles. The molecule has 0 atom stereocenters. The molecule has 0 fully saturated rings. The number of nitrogens with one attached hydrogen (secondary N) is 2. The van der Waals surface area contributed by atoms with Crippen LogP contribution in [0.25, 0.3) is 0 Å². The lowest BCUT2D eigenvalue weighted by Crippen LogP contribution is -2.14. The second-order valence-electron chi connectivity index (χ2n) is 2.89. The summed E-state index contributed by atoms with van der Waals surface area (Å²) in [4.78, 5) is 11.6. The quantitative estimate of drug-likeness (QED) is 0.791. The van der Waals surface area contributed by atoms with Crippen molar-refractivity contribution < 1.29 is 9.32 Å². The highest BCUT2D eigenvalue weighted by Crippen LogP contribution is 2.05. The first-order chi connectivity index (χ1) is 7.79. The van der Waals surface area contributed by atoms with Crippen LogP contribution in [0.15, 0.2) is 29.0 Å². The summed E-state index contributed by atoms with van der Waals surface area (Å²) in [5.41, 5.74) is 0.210. The van der Waals surface area contributed by atoms with Crippen LogP contribution in [-0.4, -0.2) is 28.3 Å². The van der Waals surface area contributed by atoms with Crippen LogP contribution in [0.4, 0.5) is 11.6 Å². The van der Waals surface area contributed by atoms with Gasteiger partial charge in [-0.3, -0.25) is 4.79 Å². The van der Waals surface area contributed by atoms with Gasteiger partial charge in [0.1, 0.15) is 12.1 Å². The first kappa shape index (κ1) is 10.1. The molecule has 0 unspecified atom stereocenters. The normalized spacial score (nSPS) is 9.81. The Balaban J connectivity index is 2.09. The fourth-order valence-corrected chi connectivity index (χ4v) is 1.04. The first-order valence-electron chi connectivity index (χ1n) is 4.53. The Morgan fingerprint density at radius 2 is 2.12 bits per heavy atom. The maximum absolute atomic E-state index is 11.6. The average Bonchev–Trinajstić information content (AvgIpc) is 2.82. The molecular formula is C9H9N5O2. The minimum absolute atomic E-state index is 0.210. The third-order valence-electron chi connectivity index (χ3n) is 1.83. The lowest BCUT2D eigenvalue weighted by Gasteiger charge is -2.00. The van der Waals surface area contributed by atoms with Gasteiger partial charge in [-0.1, -0.05) is 5.16 Å². The van der Waals surface area contributed by atoms with Crippen LogP contribution in [0.2, 0.25) is 0 Å². The second kappa shape index (κ2) is 4.39. The molecule has 0 spiro atoms. The van der Waals surface area contributed by atoms with Crippen LogP contribution in [0.5, 0.6) is 0 Å². The van der Waals surface area contributed by atoms with Gasteiger partial charge in [-0.05, 0) is 12.1 Å². The standard InChI is InChI=1S/C9H9N5O2/c1-10-7-3-2-6(12-13-7)9(15)11-8-4-5-16-14-8/h2-5H,1H3,(H,10,13)(H,11,14,15). The SMILES string of the molecule is CNc1ccc(C(=O)Nc2ccon2)nn1. The van der Waals surface area contributed by atoms with Crippen molar-refractivity contribution in [3.8, 4) is 0 Å². The first-order valence-corrected chi connectivity index (χ1v) is 4.53. The summed E-state index contributed by atoms with van der Waals surface area (Å²) in [5, 5.41) is 16.4. The van der Waals surface area contributed by atoms with Crippen molar-refractivity contribution in [2.24, 2.45) is 0 Å². The number of carbonyl (C=O) groups excluding carboxylic acids is 1. The van der Waals surface area contributed by atoms with E-state index < -0.39 is 0 Å². The number of carbonyl (C=O) groups is 1. The fraction of sp³-hybridized carbons (Fsp3) is 0.111. The minimum atomic E-state index is -0.385. The molecule has 82 valence electrons. The van der Waals surface area contributed by atoms with Gasteiger partial charge in [0.2, 0.25) is 0 Å².